The summed E-state index contributed by atoms with van der Waals surface area (Å²) in [4.78, 5) is 11.3. The molecule has 0 aliphatic heterocycles. The van der Waals surface area contributed by atoms with Crippen LogP contribution in [-0.4, -0.2) is 31.0 Å². The van der Waals surface area contributed by atoms with Crippen molar-refractivity contribution < 1.29 is 9.53 Å². The van der Waals surface area contributed by atoms with Crippen LogP contribution in [0.25, 0.3) is 0 Å². The Kier molecular flexibility index (Phi) is 7.19. The minimum Gasteiger partial charge on any atom is -0.379 e. The molecule has 0 saturated carbocycles. The largest absolute Gasteiger partial charge is 0.379 e. The molecular formula is C10H20BrNO2. The molecule has 0 aliphatic carbocycles. The molecule has 0 aromatic carbocycles. The van der Waals surface area contributed by atoms with Crippen molar-refractivity contribution in [3.05, 3.63) is 0 Å². The molecule has 0 aromatic heterocycles. The summed E-state index contributed by atoms with van der Waals surface area (Å²) in [6.07, 6.45) is 0.561. The third kappa shape index (κ3) is 9.99. The quantitative estimate of drug-likeness (QED) is 0.589. The van der Waals surface area contributed by atoms with Crippen LogP contribution in [0.5, 0.6) is 0 Å². The highest BCUT2D eigenvalue weighted by atomic mass is 79.9. The van der Waals surface area contributed by atoms with Crippen molar-refractivity contribution in [1.82, 2.24) is 5.32 Å². The summed E-state index contributed by atoms with van der Waals surface area (Å²) in [5, 5.41) is 3.66. The number of alkyl halides is 1. The summed E-state index contributed by atoms with van der Waals surface area (Å²) in [5.41, 5.74) is 0.0563. The third-order valence-electron chi connectivity index (χ3n) is 1.48. The Labute approximate surface area is 94.7 Å². The minimum absolute atomic E-state index is 0.0563. The zero-order valence-electron chi connectivity index (χ0n) is 9.23. The van der Waals surface area contributed by atoms with Crippen LogP contribution in [0.1, 0.15) is 27.2 Å². The normalized spacial score (nSPS) is 11.4. The van der Waals surface area contributed by atoms with Crippen LogP contribution in [-0.2, 0) is 9.53 Å². The maximum absolute atomic E-state index is 11.3. The van der Waals surface area contributed by atoms with Crippen LogP contribution in [0.3, 0.4) is 0 Å². The minimum atomic E-state index is 0.0563. The number of ether oxygens (including phenoxy) is 1. The van der Waals surface area contributed by atoms with Crippen molar-refractivity contribution in [2.45, 2.75) is 27.2 Å². The van der Waals surface area contributed by atoms with Gasteiger partial charge in [0.15, 0.2) is 0 Å². The van der Waals surface area contributed by atoms with E-state index in [9.17, 15) is 4.79 Å². The molecule has 0 radical (unpaired) electrons. The highest BCUT2D eigenvalue weighted by molar-refractivity contribution is 9.09. The van der Waals surface area contributed by atoms with Crippen molar-refractivity contribution in [1.29, 1.82) is 0 Å². The van der Waals surface area contributed by atoms with Gasteiger partial charge in [0, 0.05) is 18.3 Å². The van der Waals surface area contributed by atoms with Crippen LogP contribution in [0, 0.1) is 5.41 Å². The molecule has 3 nitrogen and oxygen atoms in total. The van der Waals surface area contributed by atoms with Crippen LogP contribution in [0.15, 0.2) is 0 Å². The fourth-order valence-corrected chi connectivity index (χ4v) is 1.19. The number of hydrogen-bond acceptors (Lipinski definition) is 2. The van der Waals surface area contributed by atoms with Crippen LogP contribution in [0.4, 0.5) is 0 Å². The monoisotopic (exact) mass is 265 g/mol. The Bertz CT molecular complexity index is 166. The molecule has 14 heavy (non-hydrogen) atoms. The van der Waals surface area contributed by atoms with Crippen molar-refractivity contribution in [3.8, 4) is 0 Å². The van der Waals surface area contributed by atoms with Crippen molar-refractivity contribution in [3.63, 3.8) is 0 Å². The standard InChI is InChI=1S/C10H20BrNO2/c1-10(2,3)8-9(13)12-5-7-14-6-4-11/h4-8H2,1-3H3,(H,12,13). The van der Waals surface area contributed by atoms with E-state index >= 15 is 0 Å². The maximum Gasteiger partial charge on any atom is 0.220 e. The molecule has 0 atom stereocenters. The van der Waals surface area contributed by atoms with Gasteiger partial charge in [0.2, 0.25) is 5.91 Å². The number of hydrogen-bond donors (Lipinski definition) is 1. The molecule has 0 unspecified atom stereocenters. The first-order valence-electron chi connectivity index (χ1n) is 4.86. The van der Waals surface area contributed by atoms with Gasteiger partial charge >= 0.3 is 0 Å². The average Bonchev–Trinajstić information content (AvgIpc) is 2.00. The second-order valence-corrected chi connectivity index (χ2v) is 5.18. The Morgan fingerprint density at radius 3 is 2.50 bits per heavy atom. The van der Waals surface area contributed by atoms with Gasteiger partial charge in [-0.25, -0.2) is 0 Å². The summed E-state index contributed by atoms with van der Waals surface area (Å²) in [5.74, 6) is 0.0972. The zero-order valence-corrected chi connectivity index (χ0v) is 10.8. The average molecular weight is 266 g/mol. The lowest BCUT2D eigenvalue weighted by Gasteiger charge is -2.17. The van der Waals surface area contributed by atoms with Crippen LogP contribution in [0.2, 0.25) is 0 Å². The molecule has 0 heterocycles. The Hall–Kier alpha value is -0.0900. The fraction of sp³-hybridized carbons (Fsp3) is 0.900. The molecule has 1 N–H and O–H groups in total. The van der Waals surface area contributed by atoms with E-state index in [1.54, 1.807) is 0 Å². The SMILES string of the molecule is CC(C)(C)CC(=O)NCCOCCBr. The summed E-state index contributed by atoms with van der Waals surface area (Å²) < 4.78 is 5.20. The number of nitrogens with one attached hydrogen (secondary N) is 1. The zero-order chi connectivity index (χ0) is 11.0. The molecule has 0 aromatic rings. The molecule has 84 valence electrons. The van der Waals surface area contributed by atoms with E-state index in [0.29, 0.717) is 26.2 Å². The van der Waals surface area contributed by atoms with E-state index in [1.165, 1.54) is 0 Å². The molecule has 0 aliphatic rings. The first-order valence-corrected chi connectivity index (χ1v) is 5.98. The number of amides is 1. The molecule has 0 bridgehead atoms. The fourth-order valence-electron chi connectivity index (χ4n) is 0.963. The predicted molar refractivity (Wildman–Crippen MR) is 61.7 cm³/mol. The van der Waals surface area contributed by atoms with Crippen molar-refractivity contribution in [2.24, 2.45) is 5.41 Å². The maximum atomic E-state index is 11.3. The molecule has 4 heteroatoms. The smallest absolute Gasteiger partial charge is 0.220 e. The highest BCUT2D eigenvalue weighted by Gasteiger charge is 2.14. The molecular weight excluding hydrogens is 246 g/mol. The number of carbonyl (C=O) groups is 1. The van der Waals surface area contributed by atoms with Crippen molar-refractivity contribution >= 4 is 21.8 Å². The highest BCUT2D eigenvalue weighted by Crippen LogP contribution is 2.17. The Balaban J connectivity index is 3.36. The van der Waals surface area contributed by atoms with Crippen LogP contribution < -0.4 is 5.32 Å². The Morgan fingerprint density at radius 1 is 1.36 bits per heavy atom. The summed E-state index contributed by atoms with van der Waals surface area (Å²) in [7, 11) is 0. The van der Waals surface area contributed by atoms with E-state index in [0.717, 1.165) is 5.33 Å². The van der Waals surface area contributed by atoms with Gasteiger partial charge in [-0.15, -0.1) is 0 Å². The first-order chi connectivity index (χ1) is 6.45. The second kappa shape index (κ2) is 7.23. The first kappa shape index (κ1) is 13.9. The van der Waals surface area contributed by atoms with Gasteiger partial charge in [0.1, 0.15) is 0 Å². The summed E-state index contributed by atoms with van der Waals surface area (Å²) >= 11 is 3.26. The molecule has 0 fully saturated rings. The molecule has 0 saturated heterocycles. The Morgan fingerprint density at radius 2 is 2.00 bits per heavy atom. The molecule has 1 amide bonds. The van der Waals surface area contributed by atoms with E-state index in [1.807, 2.05) is 20.8 Å². The second-order valence-electron chi connectivity index (χ2n) is 4.39. The van der Waals surface area contributed by atoms with Gasteiger partial charge in [-0.1, -0.05) is 36.7 Å². The topological polar surface area (TPSA) is 38.3 Å². The van der Waals surface area contributed by atoms with Gasteiger partial charge in [-0.2, -0.15) is 0 Å². The predicted octanol–water partition coefficient (Wildman–Crippen LogP) is 1.95. The third-order valence-corrected chi connectivity index (χ3v) is 1.80. The van der Waals surface area contributed by atoms with Crippen LogP contribution >= 0.6 is 15.9 Å². The van der Waals surface area contributed by atoms with Gasteiger partial charge in [0.25, 0.3) is 0 Å². The van der Waals surface area contributed by atoms with Crippen molar-refractivity contribution in [2.75, 3.05) is 25.1 Å². The number of rotatable bonds is 6. The molecule has 0 rings (SSSR count). The summed E-state index contributed by atoms with van der Waals surface area (Å²) in [6.45, 7) is 8.02. The lowest BCUT2D eigenvalue weighted by atomic mass is 9.92. The number of halogens is 1. The van der Waals surface area contributed by atoms with E-state index in [-0.39, 0.29) is 11.3 Å². The van der Waals surface area contributed by atoms with Gasteiger partial charge < -0.3 is 10.1 Å². The summed E-state index contributed by atoms with van der Waals surface area (Å²) in [6, 6.07) is 0. The number of carbonyl (C=O) groups excluding carboxylic acids is 1. The van der Waals surface area contributed by atoms with Gasteiger partial charge in [-0.3, -0.25) is 4.79 Å². The lowest BCUT2D eigenvalue weighted by molar-refractivity contribution is -0.123. The van der Waals surface area contributed by atoms with E-state index in [4.69, 9.17) is 4.74 Å². The van der Waals surface area contributed by atoms with Gasteiger partial charge in [-0.05, 0) is 5.41 Å². The lowest BCUT2D eigenvalue weighted by Crippen LogP contribution is -2.30. The van der Waals surface area contributed by atoms with E-state index < -0.39 is 0 Å². The van der Waals surface area contributed by atoms with Gasteiger partial charge in [0.05, 0.1) is 13.2 Å². The molecule has 0 spiro atoms. The van der Waals surface area contributed by atoms with E-state index in [2.05, 4.69) is 21.2 Å².